The SMILES string of the molecule is CNS(=O)(=O)Cc1ccccc1CNC(=O)CNC(=O)c1cccc(Br)c1. The highest BCUT2D eigenvalue weighted by molar-refractivity contribution is 9.10. The lowest BCUT2D eigenvalue weighted by Gasteiger charge is -2.11. The van der Waals surface area contributed by atoms with Gasteiger partial charge in [0.1, 0.15) is 0 Å². The Morgan fingerprint density at radius 1 is 1.00 bits per heavy atom. The van der Waals surface area contributed by atoms with E-state index >= 15 is 0 Å². The van der Waals surface area contributed by atoms with Crippen molar-refractivity contribution in [1.82, 2.24) is 15.4 Å². The highest BCUT2D eigenvalue weighted by atomic mass is 79.9. The van der Waals surface area contributed by atoms with Gasteiger partial charge in [0, 0.05) is 16.6 Å². The Morgan fingerprint density at radius 2 is 1.70 bits per heavy atom. The molecule has 0 aliphatic heterocycles. The molecule has 0 aliphatic rings. The van der Waals surface area contributed by atoms with Gasteiger partial charge >= 0.3 is 0 Å². The molecule has 0 spiro atoms. The van der Waals surface area contributed by atoms with Crippen molar-refractivity contribution in [1.29, 1.82) is 0 Å². The number of benzene rings is 2. The summed E-state index contributed by atoms with van der Waals surface area (Å²) in [5, 5.41) is 5.23. The Hall–Kier alpha value is -2.23. The van der Waals surface area contributed by atoms with Gasteiger partial charge in [-0.25, -0.2) is 13.1 Å². The number of sulfonamides is 1. The minimum atomic E-state index is -3.41. The Bertz CT molecular complexity index is 932. The van der Waals surface area contributed by atoms with Crippen molar-refractivity contribution in [2.24, 2.45) is 0 Å². The van der Waals surface area contributed by atoms with E-state index in [1.54, 1.807) is 48.5 Å². The molecule has 2 amide bonds. The molecule has 3 N–H and O–H groups in total. The third-order valence-electron chi connectivity index (χ3n) is 3.75. The Labute approximate surface area is 166 Å². The van der Waals surface area contributed by atoms with E-state index in [0.717, 1.165) is 4.47 Å². The molecule has 2 rings (SSSR count). The number of nitrogens with one attached hydrogen (secondary N) is 3. The molecule has 0 unspecified atom stereocenters. The van der Waals surface area contributed by atoms with Crippen LogP contribution in [-0.2, 0) is 27.1 Å². The molecule has 2 aromatic carbocycles. The molecule has 0 saturated carbocycles. The average Bonchev–Trinajstić information content (AvgIpc) is 2.65. The second-order valence-corrected chi connectivity index (χ2v) is 8.54. The van der Waals surface area contributed by atoms with Gasteiger partial charge in [0.15, 0.2) is 0 Å². The zero-order valence-corrected chi connectivity index (χ0v) is 17.1. The van der Waals surface area contributed by atoms with E-state index in [2.05, 4.69) is 31.3 Å². The molecule has 0 heterocycles. The molecular formula is C18H20BrN3O4S. The maximum Gasteiger partial charge on any atom is 0.251 e. The number of hydrogen-bond acceptors (Lipinski definition) is 4. The van der Waals surface area contributed by atoms with Gasteiger partial charge in [-0.2, -0.15) is 0 Å². The highest BCUT2D eigenvalue weighted by Gasteiger charge is 2.13. The largest absolute Gasteiger partial charge is 0.350 e. The third-order valence-corrected chi connectivity index (χ3v) is 5.55. The first-order valence-electron chi connectivity index (χ1n) is 8.09. The van der Waals surface area contributed by atoms with Gasteiger partial charge in [0.2, 0.25) is 15.9 Å². The Balaban J connectivity index is 1.90. The van der Waals surface area contributed by atoms with Gasteiger partial charge in [0.25, 0.3) is 5.91 Å². The predicted octanol–water partition coefficient (Wildman–Crippen LogP) is 1.54. The first-order chi connectivity index (χ1) is 12.8. The van der Waals surface area contributed by atoms with Gasteiger partial charge in [-0.05, 0) is 36.4 Å². The summed E-state index contributed by atoms with van der Waals surface area (Å²) < 4.78 is 26.5. The van der Waals surface area contributed by atoms with Crippen LogP contribution in [0.15, 0.2) is 53.0 Å². The molecule has 0 aromatic heterocycles. The van der Waals surface area contributed by atoms with Crippen LogP contribution < -0.4 is 15.4 Å². The molecule has 2 aromatic rings. The Kier molecular flexibility index (Phi) is 7.52. The fraction of sp³-hybridized carbons (Fsp3) is 0.222. The molecule has 0 bridgehead atoms. The minimum Gasteiger partial charge on any atom is -0.350 e. The number of hydrogen-bond donors (Lipinski definition) is 3. The minimum absolute atomic E-state index is 0.168. The van der Waals surface area contributed by atoms with E-state index in [4.69, 9.17) is 0 Å². The van der Waals surface area contributed by atoms with E-state index in [1.807, 2.05) is 0 Å². The van der Waals surface area contributed by atoms with Crippen molar-refractivity contribution < 1.29 is 18.0 Å². The van der Waals surface area contributed by atoms with Crippen LogP contribution >= 0.6 is 15.9 Å². The zero-order valence-electron chi connectivity index (χ0n) is 14.7. The fourth-order valence-electron chi connectivity index (χ4n) is 2.30. The predicted molar refractivity (Wildman–Crippen MR) is 106 cm³/mol. The van der Waals surface area contributed by atoms with Crippen molar-refractivity contribution >= 4 is 37.8 Å². The maximum atomic E-state index is 12.0. The average molecular weight is 454 g/mol. The van der Waals surface area contributed by atoms with E-state index in [-0.39, 0.29) is 30.7 Å². The molecule has 0 saturated heterocycles. The second kappa shape index (κ2) is 9.63. The standard InChI is InChI=1S/C18H20BrN3O4S/c1-20-27(25,26)12-15-6-3-2-5-14(15)10-21-17(23)11-22-18(24)13-7-4-8-16(19)9-13/h2-9,20H,10-12H2,1H3,(H,21,23)(H,22,24). The monoisotopic (exact) mass is 453 g/mol. The van der Waals surface area contributed by atoms with Crippen LogP contribution in [0.3, 0.4) is 0 Å². The van der Waals surface area contributed by atoms with Crippen LogP contribution in [-0.4, -0.2) is 33.8 Å². The van der Waals surface area contributed by atoms with Crippen LogP contribution in [0.4, 0.5) is 0 Å². The van der Waals surface area contributed by atoms with Crippen LogP contribution in [0, 0.1) is 0 Å². The van der Waals surface area contributed by atoms with Gasteiger partial charge in [0.05, 0.1) is 12.3 Å². The second-order valence-electron chi connectivity index (χ2n) is 5.70. The molecule has 0 atom stereocenters. The van der Waals surface area contributed by atoms with Crippen molar-refractivity contribution in [3.8, 4) is 0 Å². The normalized spacial score (nSPS) is 11.0. The van der Waals surface area contributed by atoms with Crippen molar-refractivity contribution in [3.63, 3.8) is 0 Å². The maximum absolute atomic E-state index is 12.0. The highest BCUT2D eigenvalue weighted by Crippen LogP contribution is 2.12. The summed E-state index contributed by atoms with van der Waals surface area (Å²) >= 11 is 3.29. The number of rotatable bonds is 8. The summed E-state index contributed by atoms with van der Waals surface area (Å²) in [5.74, 6) is -0.897. The van der Waals surface area contributed by atoms with Crippen LogP contribution in [0.2, 0.25) is 0 Å². The first kappa shape index (κ1) is 21.1. The van der Waals surface area contributed by atoms with E-state index in [9.17, 15) is 18.0 Å². The number of carbonyl (C=O) groups excluding carboxylic acids is 2. The van der Waals surface area contributed by atoms with E-state index < -0.39 is 10.0 Å². The lowest BCUT2D eigenvalue weighted by atomic mass is 10.1. The third kappa shape index (κ3) is 6.78. The molecule has 0 aliphatic carbocycles. The van der Waals surface area contributed by atoms with Crippen molar-refractivity contribution in [2.45, 2.75) is 12.3 Å². The molecule has 0 radical (unpaired) electrons. The van der Waals surface area contributed by atoms with Crippen LogP contribution in [0.1, 0.15) is 21.5 Å². The summed E-state index contributed by atoms with van der Waals surface area (Å²) in [6.45, 7) is -0.0106. The zero-order chi connectivity index (χ0) is 19.9. The first-order valence-corrected chi connectivity index (χ1v) is 10.5. The van der Waals surface area contributed by atoms with Gasteiger partial charge in [-0.1, -0.05) is 46.3 Å². The number of halogens is 1. The van der Waals surface area contributed by atoms with Gasteiger partial charge in [-0.3, -0.25) is 9.59 Å². The molecule has 0 fully saturated rings. The van der Waals surface area contributed by atoms with Crippen LogP contribution in [0.5, 0.6) is 0 Å². The van der Waals surface area contributed by atoms with E-state index in [0.29, 0.717) is 16.7 Å². The quantitative estimate of drug-likeness (QED) is 0.563. The van der Waals surface area contributed by atoms with E-state index in [1.165, 1.54) is 7.05 Å². The number of amides is 2. The smallest absolute Gasteiger partial charge is 0.251 e. The summed E-state index contributed by atoms with van der Waals surface area (Å²) in [4.78, 5) is 24.0. The van der Waals surface area contributed by atoms with Crippen molar-refractivity contribution in [2.75, 3.05) is 13.6 Å². The van der Waals surface area contributed by atoms with Crippen LogP contribution in [0.25, 0.3) is 0 Å². The molecule has 144 valence electrons. The Morgan fingerprint density at radius 3 is 2.37 bits per heavy atom. The summed E-state index contributed by atoms with van der Waals surface area (Å²) in [7, 11) is -2.06. The summed E-state index contributed by atoms with van der Waals surface area (Å²) in [6.07, 6.45) is 0. The number of carbonyl (C=O) groups is 2. The molecule has 9 heteroatoms. The summed E-state index contributed by atoms with van der Waals surface area (Å²) in [5.41, 5.74) is 1.74. The fourth-order valence-corrected chi connectivity index (χ4v) is 3.53. The summed E-state index contributed by atoms with van der Waals surface area (Å²) in [6, 6.07) is 13.8. The molecular weight excluding hydrogens is 434 g/mol. The topological polar surface area (TPSA) is 104 Å². The van der Waals surface area contributed by atoms with Gasteiger partial charge < -0.3 is 10.6 Å². The van der Waals surface area contributed by atoms with Crippen molar-refractivity contribution in [3.05, 3.63) is 69.7 Å². The molecule has 7 nitrogen and oxygen atoms in total. The van der Waals surface area contributed by atoms with Gasteiger partial charge in [-0.15, -0.1) is 0 Å². The lowest BCUT2D eigenvalue weighted by Crippen LogP contribution is -2.36. The lowest BCUT2D eigenvalue weighted by molar-refractivity contribution is -0.120. The molecule has 27 heavy (non-hydrogen) atoms.